The van der Waals surface area contributed by atoms with Crippen LogP contribution in [0.5, 0.6) is 5.75 Å². The Labute approximate surface area is 157 Å². The van der Waals surface area contributed by atoms with Gasteiger partial charge in [-0.25, -0.2) is 21.9 Å². The molecule has 0 saturated heterocycles. The van der Waals surface area contributed by atoms with Crippen LogP contribution < -0.4 is 14.8 Å². The molecule has 2 N–H and O–H groups in total. The molecule has 5 nitrogen and oxygen atoms in total. The van der Waals surface area contributed by atoms with Crippen molar-refractivity contribution < 1.29 is 21.9 Å². The van der Waals surface area contributed by atoms with E-state index in [4.69, 9.17) is 4.74 Å². The number of ether oxygens (including phenoxy) is 1. The van der Waals surface area contributed by atoms with Crippen LogP contribution in [-0.4, -0.2) is 21.5 Å². The Hall–Kier alpha value is -1.74. The lowest BCUT2D eigenvalue weighted by molar-refractivity contribution is 0.0819. The summed E-state index contributed by atoms with van der Waals surface area (Å²) in [5, 5.41) is 3.24. The Morgan fingerprint density at radius 3 is 2.46 bits per heavy atom. The van der Waals surface area contributed by atoms with Crippen molar-refractivity contribution in [2.75, 3.05) is 6.61 Å². The fourth-order valence-corrected chi connectivity index (χ4v) is 3.61. The summed E-state index contributed by atoms with van der Waals surface area (Å²) < 4.78 is 56.2. The predicted octanol–water partition coefficient (Wildman–Crippen LogP) is 2.83. The molecule has 0 spiro atoms. The highest BCUT2D eigenvalue weighted by atomic mass is 35.5. The number of benzene rings is 2. The van der Waals surface area contributed by atoms with Crippen molar-refractivity contribution in [2.45, 2.75) is 31.0 Å². The molecule has 0 aromatic heterocycles. The van der Waals surface area contributed by atoms with Gasteiger partial charge < -0.3 is 10.1 Å². The molecule has 142 valence electrons. The highest BCUT2D eigenvalue weighted by molar-refractivity contribution is 7.89. The molecule has 0 radical (unpaired) electrons. The van der Waals surface area contributed by atoms with E-state index in [1.807, 2.05) is 18.2 Å². The first-order valence-corrected chi connectivity index (χ1v) is 9.24. The normalized spacial score (nSPS) is 13.3. The zero-order valence-corrected chi connectivity index (χ0v) is 15.4. The van der Waals surface area contributed by atoms with Gasteiger partial charge in [-0.2, -0.15) is 0 Å². The topological polar surface area (TPSA) is 67.4 Å². The summed E-state index contributed by atoms with van der Waals surface area (Å²) in [6, 6.07) is 11.3. The molecule has 0 aliphatic carbocycles. The number of alkyl halides is 2. The number of sulfonamides is 1. The number of rotatable bonds is 7. The van der Waals surface area contributed by atoms with Crippen LogP contribution in [-0.2, 0) is 29.7 Å². The zero-order chi connectivity index (χ0) is 17.9. The minimum atomic E-state index is -3.69. The summed E-state index contributed by atoms with van der Waals surface area (Å²) in [6.45, 7) is 1.08. The molecule has 9 heteroatoms. The van der Waals surface area contributed by atoms with Gasteiger partial charge in [0, 0.05) is 19.6 Å². The number of hydrogen-bond donors (Lipinski definition) is 2. The van der Waals surface area contributed by atoms with Crippen molar-refractivity contribution in [3.8, 4) is 5.75 Å². The third-order valence-corrected chi connectivity index (χ3v) is 5.30. The van der Waals surface area contributed by atoms with Crippen LogP contribution in [0.2, 0.25) is 0 Å². The van der Waals surface area contributed by atoms with Crippen LogP contribution in [0, 0.1) is 0 Å². The van der Waals surface area contributed by atoms with Crippen LogP contribution in [0.3, 0.4) is 0 Å². The second-order valence-electron chi connectivity index (χ2n) is 5.70. The molecule has 2 aromatic rings. The van der Waals surface area contributed by atoms with E-state index in [9.17, 15) is 17.2 Å². The van der Waals surface area contributed by atoms with Crippen LogP contribution in [0.1, 0.15) is 16.7 Å². The third-order valence-electron chi connectivity index (χ3n) is 3.88. The van der Waals surface area contributed by atoms with Crippen molar-refractivity contribution in [1.29, 1.82) is 0 Å². The van der Waals surface area contributed by atoms with E-state index < -0.39 is 23.1 Å². The first-order chi connectivity index (χ1) is 11.9. The molecule has 0 bridgehead atoms. The Balaban J connectivity index is 0.00000243. The maximum Gasteiger partial charge on any atom is 0.272 e. The standard InChI is InChI=1S/C17H18F2N2O3S.ClH/c18-17(19)11-24-15-3-5-16(6-4-15)25(22,23)21-8-12-1-2-13-9-20-10-14(13)7-12;/h1-7,17,20-21H,8-11H2;1H. The fourth-order valence-electron chi connectivity index (χ4n) is 2.59. The van der Waals surface area contributed by atoms with Gasteiger partial charge >= 0.3 is 0 Å². The number of hydrogen-bond acceptors (Lipinski definition) is 4. The van der Waals surface area contributed by atoms with Gasteiger partial charge in [0.15, 0.2) is 0 Å². The predicted molar refractivity (Wildman–Crippen MR) is 96.2 cm³/mol. The average Bonchev–Trinajstić information content (AvgIpc) is 3.06. The van der Waals surface area contributed by atoms with Gasteiger partial charge in [-0.3, -0.25) is 0 Å². The lowest BCUT2D eigenvalue weighted by Crippen LogP contribution is -2.23. The van der Waals surface area contributed by atoms with E-state index in [2.05, 4.69) is 10.0 Å². The smallest absolute Gasteiger partial charge is 0.272 e. The molecule has 1 aliphatic rings. The summed E-state index contributed by atoms with van der Waals surface area (Å²) >= 11 is 0. The number of halogens is 3. The second-order valence-corrected chi connectivity index (χ2v) is 7.47. The van der Waals surface area contributed by atoms with E-state index in [0.717, 1.165) is 18.7 Å². The molecule has 0 unspecified atom stereocenters. The van der Waals surface area contributed by atoms with Gasteiger partial charge in [0.05, 0.1) is 4.90 Å². The molecule has 1 aliphatic heterocycles. The van der Waals surface area contributed by atoms with Crippen molar-refractivity contribution in [3.63, 3.8) is 0 Å². The van der Waals surface area contributed by atoms with Crippen LogP contribution >= 0.6 is 12.4 Å². The van der Waals surface area contributed by atoms with Gasteiger partial charge in [0.1, 0.15) is 12.4 Å². The molecular weight excluding hydrogens is 386 g/mol. The summed E-state index contributed by atoms with van der Waals surface area (Å²) in [5.41, 5.74) is 3.28. The molecule has 0 saturated carbocycles. The van der Waals surface area contributed by atoms with Gasteiger partial charge in [0.2, 0.25) is 10.0 Å². The van der Waals surface area contributed by atoms with Crippen molar-refractivity contribution in [3.05, 3.63) is 59.2 Å². The first kappa shape index (κ1) is 20.6. The largest absolute Gasteiger partial charge is 0.488 e. The van der Waals surface area contributed by atoms with Crippen molar-refractivity contribution >= 4 is 22.4 Å². The van der Waals surface area contributed by atoms with Gasteiger partial charge in [-0.1, -0.05) is 18.2 Å². The molecular formula is C17H19ClF2N2O3S. The maximum absolute atomic E-state index is 12.3. The minimum absolute atomic E-state index is 0. The van der Waals surface area contributed by atoms with Crippen molar-refractivity contribution in [2.24, 2.45) is 0 Å². The van der Waals surface area contributed by atoms with Crippen LogP contribution in [0.15, 0.2) is 47.4 Å². The molecule has 2 aromatic carbocycles. The monoisotopic (exact) mass is 404 g/mol. The lowest BCUT2D eigenvalue weighted by Gasteiger charge is -2.09. The van der Waals surface area contributed by atoms with E-state index in [0.29, 0.717) is 0 Å². The van der Waals surface area contributed by atoms with E-state index in [1.54, 1.807) is 0 Å². The Kier molecular flexibility index (Phi) is 6.94. The van der Waals surface area contributed by atoms with E-state index >= 15 is 0 Å². The summed E-state index contributed by atoms with van der Waals surface area (Å²) in [5.74, 6) is 0.199. The highest BCUT2D eigenvalue weighted by Gasteiger charge is 2.15. The maximum atomic E-state index is 12.3. The highest BCUT2D eigenvalue weighted by Crippen LogP contribution is 2.19. The number of fused-ring (bicyclic) bond motifs is 1. The Morgan fingerprint density at radius 2 is 1.77 bits per heavy atom. The van der Waals surface area contributed by atoms with Crippen LogP contribution in [0.4, 0.5) is 8.78 Å². The lowest BCUT2D eigenvalue weighted by atomic mass is 10.1. The number of nitrogens with one attached hydrogen (secondary N) is 2. The van der Waals surface area contributed by atoms with Crippen LogP contribution in [0.25, 0.3) is 0 Å². The molecule has 0 amide bonds. The summed E-state index contributed by atoms with van der Waals surface area (Å²) in [7, 11) is -3.69. The summed E-state index contributed by atoms with van der Waals surface area (Å²) in [4.78, 5) is 0.0553. The first-order valence-electron chi connectivity index (χ1n) is 7.76. The molecule has 1 heterocycles. The Bertz CT molecular complexity index is 846. The van der Waals surface area contributed by atoms with Crippen molar-refractivity contribution in [1.82, 2.24) is 10.0 Å². The summed E-state index contributed by atoms with van der Waals surface area (Å²) in [6.07, 6.45) is -2.58. The fraction of sp³-hybridized carbons (Fsp3) is 0.294. The second kappa shape index (κ2) is 8.77. The molecule has 3 rings (SSSR count). The van der Waals surface area contributed by atoms with Gasteiger partial charge in [0.25, 0.3) is 6.43 Å². The zero-order valence-electron chi connectivity index (χ0n) is 13.7. The van der Waals surface area contributed by atoms with E-state index in [-0.39, 0.29) is 29.6 Å². The SMILES string of the molecule is Cl.O=S(=O)(NCc1ccc2c(c1)CNC2)c1ccc(OCC(F)F)cc1. The molecule has 0 fully saturated rings. The minimum Gasteiger partial charge on any atom is -0.488 e. The van der Waals surface area contributed by atoms with Gasteiger partial charge in [-0.05, 0) is 41.0 Å². The quantitative estimate of drug-likeness (QED) is 0.744. The van der Waals surface area contributed by atoms with Gasteiger partial charge in [-0.15, -0.1) is 12.4 Å². The van der Waals surface area contributed by atoms with E-state index in [1.165, 1.54) is 35.4 Å². The molecule has 0 atom stereocenters. The molecule has 26 heavy (non-hydrogen) atoms. The Morgan fingerprint density at radius 1 is 1.08 bits per heavy atom. The third kappa shape index (κ3) is 5.14. The average molecular weight is 405 g/mol.